The van der Waals surface area contributed by atoms with Crippen molar-refractivity contribution in [2.75, 3.05) is 26.4 Å². The number of carboxylic acid groups (broad SMARTS) is 5. The predicted octanol–water partition coefficient (Wildman–Crippen LogP) is -3.59. The number of aliphatic carboxylic acids is 5. The topological polar surface area (TPSA) is 491 Å². The van der Waals surface area contributed by atoms with Crippen molar-refractivity contribution in [3.05, 3.63) is 0 Å². The molecule has 0 saturated carbocycles. The Morgan fingerprint density at radius 3 is 0.506 bits per heavy atom. The molecule has 0 atom stereocenters. The third-order valence-electron chi connectivity index (χ3n) is 5.65. The minimum Gasteiger partial charge on any atom is -0.550 e. The number of hydrogen-bond acceptors (Lipinski definition) is 28. The Kier molecular flexibility index (Phi) is 73.0. The molecule has 77 heavy (non-hydrogen) atoms. The standard InChI is InChI=1S/C7H8O5.4C6H10O3.4C4H6O3.Zr/c1-3(8)5(4(2)9)6(10)7(11)12;4*1-3-9-6(8)4-5(2)7;4*1-3(5)2-4(6)7;/h5H,1-2H3,(H,11,12);4*3-4H2,1-2H3;4*2H2,1H3,(H,6,7);/q;;;;;;;;;+4/p-4. The second kappa shape index (κ2) is 61.0. The van der Waals surface area contributed by atoms with Crippen molar-refractivity contribution in [1.82, 2.24) is 0 Å². The number of Topliss-reactive ketones (excluding diaryl/α,β-unsaturated/α-hetero) is 11. The monoisotopic (exact) mass is 1190 g/mol. The number of ketones is 11. The first-order valence-corrected chi connectivity index (χ1v) is 21.7. The fourth-order valence-corrected chi connectivity index (χ4v) is 3.25. The van der Waals surface area contributed by atoms with Gasteiger partial charge in [-0.3, -0.25) is 71.9 Å². The number of hydrogen-bond donors (Lipinski definition) is 1. The first-order chi connectivity index (χ1) is 34.5. The van der Waals surface area contributed by atoms with Gasteiger partial charge < -0.3 is 63.7 Å². The Hall–Kier alpha value is -7.52. The van der Waals surface area contributed by atoms with E-state index in [4.69, 9.17) is 5.11 Å². The number of carbonyl (C=O) groups excluding carboxylic acids is 19. The molecule has 0 spiro atoms. The zero-order valence-corrected chi connectivity index (χ0v) is 47.9. The minimum absolute atomic E-state index is 0. The van der Waals surface area contributed by atoms with Gasteiger partial charge in [0.15, 0.2) is 0 Å². The molecule has 0 bridgehead atoms. The second-order valence-corrected chi connectivity index (χ2v) is 14.1. The Labute approximate surface area is 462 Å². The summed E-state index contributed by atoms with van der Waals surface area (Å²) in [7, 11) is 0. The number of rotatable bonds is 24. The Morgan fingerprint density at radius 1 is 0.312 bits per heavy atom. The number of ether oxygens (including phenoxy) is 4. The van der Waals surface area contributed by atoms with Gasteiger partial charge in [0.1, 0.15) is 89.4 Å². The average Bonchev–Trinajstić information content (AvgIpc) is 3.17. The van der Waals surface area contributed by atoms with Crippen LogP contribution in [0.5, 0.6) is 0 Å². The molecule has 0 aliphatic rings. The average molecular weight is 1190 g/mol. The van der Waals surface area contributed by atoms with Crippen molar-refractivity contribution >= 4 is 117 Å². The van der Waals surface area contributed by atoms with Crippen molar-refractivity contribution in [1.29, 1.82) is 0 Å². The molecule has 0 aliphatic heterocycles. The van der Waals surface area contributed by atoms with Crippen molar-refractivity contribution in [3.63, 3.8) is 0 Å². The largest absolute Gasteiger partial charge is 4.00 e. The summed E-state index contributed by atoms with van der Waals surface area (Å²) >= 11 is 0. The van der Waals surface area contributed by atoms with Crippen LogP contribution in [0, 0.1) is 5.92 Å². The van der Waals surface area contributed by atoms with E-state index in [1.807, 2.05) is 0 Å². The Morgan fingerprint density at radius 2 is 0.455 bits per heavy atom. The summed E-state index contributed by atoms with van der Waals surface area (Å²) in [4.78, 5) is 202. The number of carbonyl (C=O) groups is 20. The summed E-state index contributed by atoms with van der Waals surface area (Å²) in [5.74, 6) is -15.4. The van der Waals surface area contributed by atoms with Gasteiger partial charge in [-0.25, -0.2) is 4.79 Å². The third-order valence-corrected chi connectivity index (χ3v) is 5.65. The van der Waals surface area contributed by atoms with Crippen molar-refractivity contribution in [2.24, 2.45) is 5.92 Å². The summed E-state index contributed by atoms with van der Waals surface area (Å²) < 4.78 is 18.0. The number of carboxylic acids is 5. The normalized spacial score (nSPS) is 8.51. The maximum absolute atomic E-state index is 10.7. The van der Waals surface area contributed by atoms with E-state index in [0.29, 0.717) is 26.4 Å². The van der Waals surface area contributed by atoms with Crippen LogP contribution in [0.25, 0.3) is 0 Å². The van der Waals surface area contributed by atoms with E-state index in [-0.39, 0.29) is 98.2 Å². The molecular weight excluding hydrogens is 1120 g/mol. The fraction of sp³-hybridized carbons (Fsp3) is 0.574. The van der Waals surface area contributed by atoms with E-state index < -0.39 is 103 Å². The smallest absolute Gasteiger partial charge is 0.550 e. The van der Waals surface area contributed by atoms with Gasteiger partial charge in [0.25, 0.3) is 5.78 Å². The molecule has 0 aromatic carbocycles. The van der Waals surface area contributed by atoms with Crippen molar-refractivity contribution < 1.29 is 167 Å². The quantitative estimate of drug-likeness (QED) is 0.0422. The van der Waals surface area contributed by atoms with Crippen LogP contribution in [-0.4, -0.2) is 149 Å². The van der Waals surface area contributed by atoms with E-state index in [2.05, 4.69) is 18.9 Å². The molecule has 0 unspecified atom stereocenters. The second-order valence-electron chi connectivity index (χ2n) is 14.1. The van der Waals surface area contributed by atoms with Crippen LogP contribution >= 0.6 is 0 Å². The van der Waals surface area contributed by atoms with Crippen molar-refractivity contribution in [3.8, 4) is 0 Å². The van der Waals surface area contributed by atoms with Gasteiger partial charge in [-0.05, 0) is 96.9 Å². The molecule has 30 heteroatoms. The van der Waals surface area contributed by atoms with E-state index in [0.717, 1.165) is 13.8 Å². The molecule has 0 aliphatic carbocycles. The molecular formula is C47H68O29Zr. The summed E-state index contributed by atoms with van der Waals surface area (Å²) in [5, 5.41) is 46.1. The zero-order chi connectivity index (χ0) is 62.4. The van der Waals surface area contributed by atoms with E-state index in [1.165, 1.54) is 55.4 Å². The molecule has 0 radical (unpaired) electrons. The predicted molar refractivity (Wildman–Crippen MR) is 246 cm³/mol. The maximum atomic E-state index is 10.7. The first kappa shape index (κ1) is 92.1. The van der Waals surface area contributed by atoms with E-state index >= 15 is 0 Å². The van der Waals surface area contributed by atoms with Gasteiger partial charge in [0.2, 0.25) is 0 Å². The molecule has 0 heterocycles. The molecule has 0 rings (SSSR count). The van der Waals surface area contributed by atoms with E-state index in [9.17, 15) is 116 Å². The van der Waals surface area contributed by atoms with Gasteiger partial charge in [0.05, 0.1) is 26.4 Å². The number of esters is 4. The Bertz CT molecular complexity index is 1690. The van der Waals surface area contributed by atoms with Crippen LogP contribution in [0.2, 0.25) is 0 Å². The maximum Gasteiger partial charge on any atom is 4.00 e. The summed E-state index contributed by atoms with van der Waals surface area (Å²) in [6.07, 6.45) is -2.30. The molecule has 0 fully saturated rings. The Balaban J connectivity index is -0.0000000823. The van der Waals surface area contributed by atoms with E-state index in [1.54, 1.807) is 27.7 Å². The van der Waals surface area contributed by atoms with Gasteiger partial charge in [-0.1, -0.05) is 0 Å². The molecule has 0 saturated heterocycles. The fourth-order valence-electron chi connectivity index (χ4n) is 3.25. The van der Waals surface area contributed by atoms with Gasteiger partial charge in [-0.15, -0.1) is 0 Å². The SMILES string of the molecule is CC(=O)C(C(C)=O)C(=O)C(=O)O.CC(=O)CC(=O)[O-].CC(=O)CC(=O)[O-].CC(=O)CC(=O)[O-].CC(=O)CC(=O)[O-].CCOC(=O)CC(C)=O.CCOC(=O)CC(C)=O.CCOC(=O)CC(C)=O.CCOC(=O)CC(C)=O.[Zr+4]. The van der Waals surface area contributed by atoms with Crippen molar-refractivity contribution in [2.45, 2.75) is 148 Å². The molecule has 1 N–H and O–H groups in total. The van der Waals surface area contributed by atoms with Gasteiger partial charge in [0, 0.05) is 49.6 Å². The van der Waals surface area contributed by atoms with Crippen LogP contribution in [-0.2, 0) is 141 Å². The zero-order valence-electron chi connectivity index (χ0n) is 45.4. The van der Waals surface area contributed by atoms with Gasteiger partial charge in [-0.2, -0.15) is 0 Å². The summed E-state index contributed by atoms with van der Waals surface area (Å²) in [6.45, 7) is 20.4. The van der Waals surface area contributed by atoms with Crippen LogP contribution in [0.3, 0.4) is 0 Å². The molecule has 0 amide bonds. The van der Waals surface area contributed by atoms with Gasteiger partial charge >= 0.3 is 56.0 Å². The van der Waals surface area contributed by atoms with Crippen LogP contribution < -0.4 is 20.4 Å². The van der Waals surface area contributed by atoms with Crippen LogP contribution in [0.1, 0.15) is 148 Å². The first-order valence-electron chi connectivity index (χ1n) is 21.7. The summed E-state index contributed by atoms with van der Waals surface area (Å²) in [5.41, 5.74) is 0. The third kappa shape index (κ3) is 110. The molecule has 29 nitrogen and oxygen atoms in total. The van der Waals surface area contributed by atoms with Crippen LogP contribution in [0.4, 0.5) is 0 Å². The molecule has 434 valence electrons. The summed E-state index contributed by atoms with van der Waals surface area (Å²) in [6, 6.07) is 0. The van der Waals surface area contributed by atoms with Crippen LogP contribution in [0.15, 0.2) is 0 Å². The molecule has 0 aromatic heterocycles. The minimum atomic E-state index is -1.76. The molecule has 0 aromatic rings.